The third kappa shape index (κ3) is 3.47. The third-order valence-corrected chi connectivity index (χ3v) is 2.52. The van der Waals surface area contributed by atoms with Gasteiger partial charge in [-0.15, -0.1) is 0 Å². The van der Waals surface area contributed by atoms with Crippen LogP contribution in [-0.4, -0.2) is 13.2 Å². The molecule has 0 spiro atoms. The smallest absolute Gasteiger partial charge is 0.123 e. The van der Waals surface area contributed by atoms with Crippen LogP contribution >= 0.6 is 0 Å². The lowest BCUT2D eigenvalue weighted by molar-refractivity contribution is 0.401. The molecule has 0 fully saturated rings. The molecule has 0 aromatic heterocycles. The van der Waals surface area contributed by atoms with E-state index in [0.29, 0.717) is 11.3 Å². The van der Waals surface area contributed by atoms with Gasteiger partial charge >= 0.3 is 0 Å². The highest BCUT2D eigenvalue weighted by Gasteiger charge is 2.13. The van der Waals surface area contributed by atoms with Crippen molar-refractivity contribution >= 4 is 0 Å². The average molecular weight is 226 g/mol. The Morgan fingerprint density at radius 2 is 2.00 bits per heavy atom. The molecule has 2 unspecified atom stereocenters. The Morgan fingerprint density at radius 3 is 2.56 bits per heavy atom. The molecule has 0 radical (unpaired) electrons. The van der Waals surface area contributed by atoms with E-state index in [1.54, 1.807) is 13.2 Å². The van der Waals surface area contributed by atoms with Gasteiger partial charge in [-0.25, -0.2) is 4.39 Å². The Morgan fingerprint density at radius 1 is 1.31 bits per heavy atom. The van der Waals surface area contributed by atoms with Crippen molar-refractivity contribution in [1.82, 2.24) is 0 Å². The highest BCUT2D eigenvalue weighted by atomic mass is 19.1. The molecule has 0 saturated heterocycles. The number of hydrogen-bond donors (Lipinski definition) is 2. The second-order valence-corrected chi connectivity index (χ2v) is 4.05. The molecule has 0 amide bonds. The summed E-state index contributed by atoms with van der Waals surface area (Å²) in [6, 6.07) is 4.24. The second-order valence-electron chi connectivity index (χ2n) is 4.05. The highest BCUT2D eigenvalue weighted by molar-refractivity contribution is 5.36. The molecule has 0 saturated carbocycles. The van der Waals surface area contributed by atoms with Crippen LogP contribution in [0.1, 0.15) is 31.4 Å². The molecule has 16 heavy (non-hydrogen) atoms. The minimum Gasteiger partial charge on any atom is -0.496 e. The summed E-state index contributed by atoms with van der Waals surface area (Å²) in [5.74, 6) is 0.325. The first-order valence-corrected chi connectivity index (χ1v) is 5.39. The maximum atomic E-state index is 13.1. The van der Waals surface area contributed by atoms with Crippen LogP contribution in [0.5, 0.6) is 5.75 Å². The van der Waals surface area contributed by atoms with Gasteiger partial charge in [0.25, 0.3) is 0 Å². The van der Waals surface area contributed by atoms with Gasteiger partial charge in [-0.3, -0.25) is 0 Å². The number of nitrogens with two attached hydrogens (primary N) is 2. The molecule has 90 valence electrons. The zero-order valence-corrected chi connectivity index (χ0v) is 9.74. The van der Waals surface area contributed by atoms with Gasteiger partial charge in [0.1, 0.15) is 11.6 Å². The summed E-state index contributed by atoms with van der Waals surface area (Å²) in [5, 5.41) is 0. The standard InChI is InChI=1S/C12H19FN2O/c1-8(14)3-5-11(15)10-7-9(13)4-6-12(10)16-2/h4,6-8,11H,3,5,14-15H2,1-2H3. The van der Waals surface area contributed by atoms with E-state index in [0.717, 1.165) is 12.8 Å². The predicted octanol–water partition coefficient (Wildman–Crippen LogP) is 1.96. The van der Waals surface area contributed by atoms with E-state index in [2.05, 4.69) is 0 Å². The number of rotatable bonds is 5. The normalized spacial score (nSPS) is 14.6. The lowest BCUT2D eigenvalue weighted by atomic mass is 10.00. The molecule has 0 bridgehead atoms. The van der Waals surface area contributed by atoms with Crippen molar-refractivity contribution in [2.45, 2.75) is 31.8 Å². The van der Waals surface area contributed by atoms with E-state index in [-0.39, 0.29) is 17.9 Å². The zero-order chi connectivity index (χ0) is 12.1. The van der Waals surface area contributed by atoms with Crippen molar-refractivity contribution in [2.24, 2.45) is 11.5 Å². The Labute approximate surface area is 95.6 Å². The average Bonchev–Trinajstić information content (AvgIpc) is 2.25. The Bertz CT molecular complexity index is 342. The minimum absolute atomic E-state index is 0.102. The van der Waals surface area contributed by atoms with Crippen LogP contribution in [0, 0.1) is 5.82 Å². The fourth-order valence-corrected chi connectivity index (χ4v) is 1.59. The first-order chi connectivity index (χ1) is 7.54. The number of benzene rings is 1. The minimum atomic E-state index is -0.299. The topological polar surface area (TPSA) is 61.3 Å². The van der Waals surface area contributed by atoms with Crippen molar-refractivity contribution in [2.75, 3.05) is 7.11 Å². The molecule has 1 rings (SSSR count). The third-order valence-electron chi connectivity index (χ3n) is 2.52. The Hall–Kier alpha value is -1.13. The number of halogens is 1. The fourth-order valence-electron chi connectivity index (χ4n) is 1.59. The van der Waals surface area contributed by atoms with Crippen LogP contribution in [0.4, 0.5) is 4.39 Å². The van der Waals surface area contributed by atoms with Crippen molar-refractivity contribution in [3.63, 3.8) is 0 Å². The quantitative estimate of drug-likeness (QED) is 0.806. The molecule has 1 aromatic carbocycles. The number of hydrogen-bond acceptors (Lipinski definition) is 3. The van der Waals surface area contributed by atoms with Crippen molar-refractivity contribution < 1.29 is 9.13 Å². The SMILES string of the molecule is COc1ccc(F)cc1C(N)CCC(C)N. The molecule has 4 N–H and O–H groups in total. The van der Waals surface area contributed by atoms with Crippen LogP contribution in [0.2, 0.25) is 0 Å². The van der Waals surface area contributed by atoms with Crippen LogP contribution in [0.15, 0.2) is 18.2 Å². The van der Waals surface area contributed by atoms with Gasteiger partial charge in [0.2, 0.25) is 0 Å². The summed E-state index contributed by atoms with van der Waals surface area (Å²) in [7, 11) is 1.55. The monoisotopic (exact) mass is 226 g/mol. The molecule has 0 aliphatic rings. The van der Waals surface area contributed by atoms with E-state index >= 15 is 0 Å². The van der Waals surface area contributed by atoms with E-state index in [1.807, 2.05) is 6.92 Å². The van der Waals surface area contributed by atoms with Gasteiger partial charge in [-0.2, -0.15) is 0 Å². The summed E-state index contributed by atoms with van der Waals surface area (Å²) >= 11 is 0. The van der Waals surface area contributed by atoms with Gasteiger partial charge in [0.15, 0.2) is 0 Å². The van der Waals surface area contributed by atoms with Crippen LogP contribution < -0.4 is 16.2 Å². The molecule has 1 aromatic rings. The van der Waals surface area contributed by atoms with Gasteiger partial charge in [-0.1, -0.05) is 0 Å². The maximum Gasteiger partial charge on any atom is 0.123 e. The lowest BCUT2D eigenvalue weighted by Crippen LogP contribution is -2.19. The second kappa shape index (κ2) is 5.82. The van der Waals surface area contributed by atoms with E-state index in [9.17, 15) is 4.39 Å². The summed E-state index contributed by atoms with van der Waals surface area (Å²) in [4.78, 5) is 0. The lowest BCUT2D eigenvalue weighted by Gasteiger charge is -2.16. The van der Waals surface area contributed by atoms with Crippen LogP contribution in [-0.2, 0) is 0 Å². The summed E-state index contributed by atoms with van der Waals surface area (Å²) in [6.45, 7) is 1.93. The maximum absolute atomic E-state index is 13.1. The van der Waals surface area contributed by atoms with Crippen molar-refractivity contribution in [3.8, 4) is 5.75 Å². The van der Waals surface area contributed by atoms with Crippen LogP contribution in [0.25, 0.3) is 0 Å². The van der Waals surface area contributed by atoms with Crippen LogP contribution in [0.3, 0.4) is 0 Å². The molecule has 0 aliphatic heterocycles. The molecular weight excluding hydrogens is 207 g/mol. The largest absolute Gasteiger partial charge is 0.496 e. The summed E-state index contributed by atoms with van der Waals surface area (Å²) < 4.78 is 18.3. The predicted molar refractivity (Wildman–Crippen MR) is 62.8 cm³/mol. The van der Waals surface area contributed by atoms with Gasteiger partial charge in [0, 0.05) is 17.6 Å². The number of ether oxygens (including phenoxy) is 1. The Balaban J connectivity index is 2.80. The van der Waals surface area contributed by atoms with E-state index in [4.69, 9.17) is 16.2 Å². The zero-order valence-electron chi connectivity index (χ0n) is 9.74. The van der Waals surface area contributed by atoms with Gasteiger partial charge < -0.3 is 16.2 Å². The molecule has 0 aliphatic carbocycles. The fraction of sp³-hybridized carbons (Fsp3) is 0.500. The highest BCUT2D eigenvalue weighted by Crippen LogP contribution is 2.27. The summed E-state index contributed by atoms with van der Waals surface area (Å²) in [6.07, 6.45) is 1.53. The van der Waals surface area contributed by atoms with Crippen molar-refractivity contribution in [3.05, 3.63) is 29.6 Å². The van der Waals surface area contributed by atoms with Gasteiger partial charge in [-0.05, 0) is 38.0 Å². The molecule has 2 atom stereocenters. The molecule has 0 heterocycles. The molecule has 4 heteroatoms. The van der Waals surface area contributed by atoms with Crippen molar-refractivity contribution in [1.29, 1.82) is 0 Å². The summed E-state index contributed by atoms with van der Waals surface area (Å²) in [5.41, 5.74) is 12.3. The number of methoxy groups -OCH3 is 1. The first-order valence-electron chi connectivity index (χ1n) is 5.39. The van der Waals surface area contributed by atoms with E-state index < -0.39 is 0 Å². The molecular formula is C12H19FN2O. The molecule has 3 nitrogen and oxygen atoms in total. The van der Waals surface area contributed by atoms with E-state index in [1.165, 1.54) is 12.1 Å². The van der Waals surface area contributed by atoms with Gasteiger partial charge in [0.05, 0.1) is 7.11 Å². The first kappa shape index (κ1) is 12.9. The Kier molecular flexibility index (Phi) is 4.71.